The van der Waals surface area contributed by atoms with E-state index in [1.54, 1.807) is 12.1 Å². The zero-order valence-electron chi connectivity index (χ0n) is 9.59. The van der Waals surface area contributed by atoms with Crippen LogP contribution in [0.15, 0.2) is 24.3 Å². The number of nitrogens with zero attached hydrogens (tertiary/aromatic N) is 1. The zero-order valence-corrected chi connectivity index (χ0v) is 9.59. The number of piperidine rings is 1. The van der Waals surface area contributed by atoms with E-state index in [1.165, 1.54) is 12.1 Å². The monoisotopic (exact) mass is 236 g/mol. The maximum atomic E-state index is 10.5. The van der Waals surface area contributed by atoms with Crippen molar-refractivity contribution in [1.29, 1.82) is 0 Å². The van der Waals surface area contributed by atoms with Gasteiger partial charge in [-0.2, -0.15) is 0 Å². The minimum atomic E-state index is -0.406. The summed E-state index contributed by atoms with van der Waals surface area (Å²) in [7, 11) is 0. The molecule has 5 nitrogen and oxygen atoms in total. The first-order chi connectivity index (χ1) is 8.25. The van der Waals surface area contributed by atoms with Crippen molar-refractivity contribution in [2.75, 3.05) is 19.7 Å². The lowest BCUT2D eigenvalue weighted by Crippen LogP contribution is -2.30. The fourth-order valence-electron chi connectivity index (χ4n) is 1.93. The van der Waals surface area contributed by atoms with Crippen molar-refractivity contribution in [1.82, 2.24) is 5.32 Å². The Balaban J connectivity index is 1.84. The first-order valence-electron chi connectivity index (χ1n) is 5.83. The molecule has 0 radical (unpaired) electrons. The Labute approximate surface area is 99.9 Å². The molecular formula is C12H16N2O3. The van der Waals surface area contributed by atoms with E-state index in [2.05, 4.69) is 5.32 Å². The lowest BCUT2D eigenvalue weighted by molar-refractivity contribution is -0.384. The summed E-state index contributed by atoms with van der Waals surface area (Å²) < 4.78 is 5.63. The molecule has 0 saturated carbocycles. The van der Waals surface area contributed by atoms with Crippen LogP contribution in [0.25, 0.3) is 0 Å². The SMILES string of the molecule is O=[N+]([O-])c1ccc(OCC2CCNCC2)cc1. The molecule has 1 aromatic rings. The molecule has 5 heteroatoms. The van der Waals surface area contributed by atoms with Crippen LogP contribution in [0.2, 0.25) is 0 Å². The van der Waals surface area contributed by atoms with Crippen LogP contribution in [0.4, 0.5) is 5.69 Å². The number of benzene rings is 1. The average Bonchev–Trinajstić information content (AvgIpc) is 2.38. The molecule has 0 unspecified atom stereocenters. The highest BCUT2D eigenvalue weighted by Crippen LogP contribution is 2.19. The summed E-state index contributed by atoms with van der Waals surface area (Å²) in [6.07, 6.45) is 2.26. The molecule has 1 saturated heterocycles. The maximum Gasteiger partial charge on any atom is 0.269 e. The third-order valence-corrected chi connectivity index (χ3v) is 2.99. The van der Waals surface area contributed by atoms with Gasteiger partial charge in [0.05, 0.1) is 11.5 Å². The summed E-state index contributed by atoms with van der Waals surface area (Å²) >= 11 is 0. The van der Waals surface area contributed by atoms with Crippen molar-refractivity contribution in [3.63, 3.8) is 0 Å². The van der Waals surface area contributed by atoms with Gasteiger partial charge in [-0.1, -0.05) is 0 Å². The normalized spacial score (nSPS) is 16.7. The quantitative estimate of drug-likeness (QED) is 0.641. The lowest BCUT2D eigenvalue weighted by Gasteiger charge is -2.22. The Morgan fingerprint density at radius 2 is 1.94 bits per heavy atom. The van der Waals surface area contributed by atoms with Crippen LogP contribution in [0.1, 0.15) is 12.8 Å². The van der Waals surface area contributed by atoms with E-state index in [4.69, 9.17) is 4.74 Å². The van der Waals surface area contributed by atoms with Crippen LogP contribution in [-0.4, -0.2) is 24.6 Å². The molecule has 1 N–H and O–H groups in total. The number of ether oxygens (including phenoxy) is 1. The van der Waals surface area contributed by atoms with Crippen LogP contribution < -0.4 is 10.1 Å². The Morgan fingerprint density at radius 1 is 1.29 bits per heavy atom. The van der Waals surface area contributed by atoms with Crippen molar-refractivity contribution < 1.29 is 9.66 Å². The molecule has 0 spiro atoms. The van der Waals surface area contributed by atoms with Crippen molar-refractivity contribution in [3.8, 4) is 5.75 Å². The second kappa shape index (κ2) is 5.63. The molecule has 0 aliphatic carbocycles. The fourth-order valence-corrected chi connectivity index (χ4v) is 1.93. The predicted octanol–water partition coefficient (Wildman–Crippen LogP) is 1.97. The van der Waals surface area contributed by atoms with Gasteiger partial charge in [0.1, 0.15) is 5.75 Å². The van der Waals surface area contributed by atoms with Crippen molar-refractivity contribution >= 4 is 5.69 Å². The Kier molecular flexibility index (Phi) is 3.93. The molecule has 17 heavy (non-hydrogen) atoms. The summed E-state index contributed by atoms with van der Waals surface area (Å²) in [4.78, 5) is 10.1. The van der Waals surface area contributed by atoms with Gasteiger partial charge in [-0.25, -0.2) is 0 Å². The second-order valence-corrected chi connectivity index (χ2v) is 4.26. The molecule has 1 fully saturated rings. The highest BCUT2D eigenvalue weighted by molar-refractivity contribution is 5.35. The van der Waals surface area contributed by atoms with Gasteiger partial charge in [-0.05, 0) is 44.0 Å². The van der Waals surface area contributed by atoms with Gasteiger partial charge in [0, 0.05) is 12.1 Å². The molecule has 0 aromatic heterocycles. The Bertz CT molecular complexity index is 372. The van der Waals surface area contributed by atoms with Crippen molar-refractivity contribution in [2.24, 2.45) is 5.92 Å². The predicted molar refractivity (Wildman–Crippen MR) is 64.2 cm³/mol. The highest BCUT2D eigenvalue weighted by atomic mass is 16.6. The summed E-state index contributed by atoms with van der Waals surface area (Å²) in [6, 6.07) is 6.24. The molecule has 0 atom stereocenters. The van der Waals surface area contributed by atoms with E-state index in [1.807, 2.05) is 0 Å². The van der Waals surface area contributed by atoms with Crippen molar-refractivity contribution in [2.45, 2.75) is 12.8 Å². The fraction of sp³-hybridized carbons (Fsp3) is 0.500. The van der Waals surface area contributed by atoms with Crippen LogP contribution >= 0.6 is 0 Å². The average molecular weight is 236 g/mol. The smallest absolute Gasteiger partial charge is 0.269 e. The summed E-state index contributed by atoms with van der Waals surface area (Å²) in [6.45, 7) is 2.79. The van der Waals surface area contributed by atoms with Crippen LogP contribution in [-0.2, 0) is 0 Å². The van der Waals surface area contributed by atoms with Gasteiger partial charge in [-0.3, -0.25) is 10.1 Å². The molecule has 1 aliphatic rings. The number of nitro groups is 1. The maximum absolute atomic E-state index is 10.5. The third-order valence-electron chi connectivity index (χ3n) is 2.99. The van der Waals surface area contributed by atoms with E-state index in [0.717, 1.165) is 25.9 Å². The van der Waals surface area contributed by atoms with E-state index < -0.39 is 4.92 Å². The number of nitro benzene ring substituents is 1. The lowest BCUT2D eigenvalue weighted by atomic mass is 9.99. The van der Waals surface area contributed by atoms with Crippen LogP contribution in [0.5, 0.6) is 5.75 Å². The van der Waals surface area contributed by atoms with Gasteiger partial charge >= 0.3 is 0 Å². The molecule has 1 heterocycles. The van der Waals surface area contributed by atoms with Gasteiger partial charge in [0.25, 0.3) is 5.69 Å². The first kappa shape index (κ1) is 11.9. The van der Waals surface area contributed by atoms with E-state index in [-0.39, 0.29) is 5.69 Å². The zero-order chi connectivity index (χ0) is 12.1. The summed E-state index contributed by atoms with van der Waals surface area (Å²) in [5.41, 5.74) is 0.0965. The molecular weight excluding hydrogens is 220 g/mol. The molecule has 0 bridgehead atoms. The first-order valence-corrected chi connectivity index (χ1v) is 5.83. The standard InChI is InChI=1S/C12H16N2O3/c15-14(16)11-1-3-12(4-2-11)17-9-10-5-7-13-8-6-10/h1-4,10,13H,5-9H2. The van der Waals surface area contributed by atoms with Gasteiger partial charge in [0.15, 0.2) is 0 Å². The van der Waals surface area contributed by atoms with E-state index in [0.29, 0.717) is 18.3 Å². The van der Waals surface area contributed by atoms with Gasteiger partial charge in [0.2, 0.25) is 0 Å². The van der Waals surface area contributed by atoms with Crippen LogP contribution in [0.3, 0.4) is 0 Å². The summed E-state index contributed by atoms with van der Waals surface area (Å²) in [5.74, 6) is 1.29. The highest BCUT2D eigenvalue weighted by Gasteiger charge is 2.13. The second-order valence-electron chi connectivity index (χ2n) is 4.26. The van der Waals surface area contributed by atoms with E-state index in [9.17, 15) is 10.1 Å². The Morgan fingerprint density at radius 3 is 2.53 bits per heavy atom. The molecule has 1 aromatic carbocycles. The van der Waals surface area contributed by atoms with Crippen LogP contribution in [0, 0.1) is 16.0 Å². The third kappa shape index (κ3) is 3.42. The topological polar surface area (TPSA) is 64.4 Å². The van der Waals surface area contributed by atoms with E-state index >= 15 is 0 Å². The molecule has 92 valence electrons. The minimum absolute atomic E-state index is 0.0965. The summed E-state index contributed by atoms with van der Waals surface area (Å²) in [5, 5.41) is 13.8. The Hall–Kier alpha value is -1.62. The number of non-ortho nitro benzene ring substituents is 1. The number of rotatable bonds is 4. The van der Waals surface area contributed by atoms with Gasteiger partial charge < -0.3 is 10.1 Å². The minimum Gasteiger partial charge on any atom is -0.493 e. The molecule has 0 amide bonds. The number of hydrogen-bond acceptors (Lipinski definition) is 4. The molecule has 2 rings (SSSR count). The number of hydrogen-bond donors (Lipinski definition) is 1. The van der Waals surface area contributed by atoms with Crippen molar-refractivity contribution in [3.05, 3.63) is 34.4 Å². The number of nitrogens with one attached hydrogen (secondary N) is 1. The molecule has 1 aliphatic heterocycles. The van der Waals surface area contributed by atoms with Gasteiger partial charge in [-0.15, -0.1) is 0 Å². The largest absolute Gasteiger partial charge is 0.493 e.